The number of nitrogens with zero attached hydrogens (tertiary/aromatic N) is 1. The molecule has 0 aromatic heterocycles. The zero-order chi connectivity index (χ0) is 17.1. The van der Waals surface area contributed by atoms with Crippen molar-refractivity contribution >= 4 is 25.3 Å². The number of hydrogen-bond donors (Lipinski definition) is 2. The highest BCUT2D eigenvalue weighted by molar-refractivity contribution is 7.59. The normalized spacial score (nSPS) is 20.6. The van der Waals surface area contributed by atoms with Crippen molar-refractivity contribution in [2.24, 2.45) is 5.92 Å². The molecule has 0 aliphatic carbocycles. The Morgan fingerprint density at radius 2 is 2.00 bits per heavy atom. The van der Waals surface area contributed by atoms with Crippen molar-refractivity contribution in [3.8, 4) is 5.75 Å². The molecule has 1 saturated heterocycles. The smallest absolute Gasteiger partial charge is 0.274 e. The molecule has 1 aromatic carbocycles. The summed E-state index contributed by atoms with van der Waals surface area (Å²) in [4.78, 5) is 26.3. The molecule has 2 aliphatic heterocycles. The molecule has 0 unspecified atom stereocenters. The van der Waals surface area contributed by atoms with Crippen LogP contribution in [0.4, 0.5) is 0 Å². The lowest BCUT2D eigenvalue weighted by Gasteiger charge is -2.32. The summed E-state index contributed by atoms with van der Waals surface area (Å²) in [6.07, 6.45) is 1.51. The standard InChI is InChI=1S/C17H22N2O5.H2S/c1-11-10-24-15-8-13(16(20)18-22)2-3-14(15)9-19(11)17(21)12-4-6-23-7-5-12;/h2-3,8,11-12,22H,4-7,9-10H2,1H3,(H,18,20);1H2/t11-;/m0./s1. The van der Waals surface area contributed by atoms with E-state index in [1.165, 1.54) is 0 Å². The number of amides is 2. The monoisotopic (exact) mass is 368 g/mol. The van der Waals surface area contributed by atoms with Gasteiger partial charge in [0, 0.05) is 36.8 Å². The van der Waals surface area contributed by atoms with E-state index in [9.17, 15) is 9.59 Å². The fourth-order valence-corrected chi connectivity index (χ4v) is 3.14. The van der Waals surface area contributed by atoms with Crippen molar-refractivity contribution in [2.75, 3.05) is 19.8 Å². The Kier molecular flexibility index (Phi) is 6.69. The van der Waals surface area contributed by atoms with Crippen molar-refractivity contribution in [2.45, 2.75) is 32.4 Å². The zero-order valence-electron chi connectivity index (χ0n) is 14.2. The largest absolute Gasteiger partial charge is 0.491 e. The molecule has 0 spiro atoms. The molecule has 1 atom stereocenters. The van der Waals surface area contributed by atoms with Crippen molar-refractivity contribution in [1.29, 1.82) is 0 Å². The molecular formula is C17H24N2O5S. The van der Waals surface area contributed by atoms with Crippen LogP contribution in [0.2, 0.25) is 0 Å². The van der Waals surface area contributed by atoms with Crippen LogP contribution in [-0.4, -0.2) is 47.8 Å². The summed E-state index contributed by atoms with van der Waals surface area (Å²) in [5, 5.41) is 8.75. The number of fused-ring (bicyclic) bond motifs is 1. The third kappa shape index (κ3) is 4.26. The molecule has 0 saturated carbocycles. The first kappa shape index (κ1) is 19.6. The van der Waals surface area contributed by atoms with Gasteiger partial charge in [-0.2, -0.15) is 13.5 Å². The quantitative estimate of drug-likeness (QED) is 0.609. The van der Waals surface area contributed by atoms with Crippen molar-refractivity contribution in [1.82, 2.24) is 10.4 Å². The highest BCUT2D eigenvalue weighted by atomic mass is 32.1. The number of hydrogen-bond acceptors (Lipinski definition) is 5. The summed E-state index contributed by atoms with van der Waals surface area (Å²) < 4.78 is 11.1. The molecule has 25 heavy (non-hydrogen) atoms. The van der Waals surface area contributed by atoms with Gasteiger partial charge in [0.15, 0.2) is 0 Å². The summed E-state index contributed by atoms with van der Waals surface area (Å²) in [6.45, 7) is 4.04. The second-order valence-corrected chi connectivity index (χ2v) is 6.28. The van der Waals surface area contributed by atoms with Crippen LogP contribution in [-0.2, 0) is 16.1 Å². The maximum Gasteiger partial charge on any atom is 0.274 e. The summed E-state index contributed by atoms with van der Waals surface area (Å²) in [6, 6.07) is 4.92. The molecule has 1 aromatic rings. The van der Waals surface area contributed by atoms with Gasteiger partial charge >= 0.3 is 0 Å². The van der Waals surface area contributed by atoms with Crippen molar-refractivity contribution in [3.05, 3.63) is 29.3 Å². The Balaban J connectivity index is 0.00000225. The maximum atomic E-state index is 12.9. The van der Waals surface area contributed by atoms with Gasteiger partial charge in [-0.25, -0.2) is 5.48 Å². The van der Waals surface area contributed by atoms with E-state index in [-0.39, 0.29) is 31.4 Å². The predicted molar refractivity (Wildman–Crippen MR) is 95.1 cm³/mol. The van der Waals surface area contributed by atoms with E-state index in [0.29, 0.717) is 37.7 Å². The van der Waals surface area contributed by atoms with E-state index >= 15 is 0 Å². The third-order valence-electron chi connectivity index (χ3n) is 4.64. The van der Waals surface area contributed by atoms with Gasteiger partial charge in [0.25, 0.3) is 5.91 Å². The lowest BCUT2D eigenvalue weighted by Crippen LogP contribution is -2.44. The number of benzene rings is 1. The summed E-state index contributed by atoms with van der Waals surface area (Å²) >= 11 is 0. The van der Waals surface area contributed by atoms with Gasteiger partial charge in [0.2, 0.25) is 5.91 Å². The second kappa shape index (κ2) is 8.55. The molecule has 1 fully saturated rings. The molecule has 0 radical (unpaired) electrons. The van der Waals surface area contributed by atoms with Gasteiger partial charge < -0.3 is 14.4 Å². The van der Waals surface area contributed by atoms with Crippen LogP contribution in [0.15, 0.2) is 18.2 Å². The van der Waals surface area contributed by atoms with Gasteiger partial charge in [-0.05, 0) is 31.9 Å². The highest BCUT2D eigenvalue weighted by Crippen LogP contribution is 2.29. The van der Waals surface area contributed by atoms with Crippen LogP contribution in [0, 0.1) is 5.92 Å². The number of nitrogens with one attached hydrogen (secondary N) is 1. The third-order valence-corrected chi connectivity index (χ3v) is 4.64. The molecule has 3 rings (SSSR count). The first-order chi connectivity index (χ1) is 11.6. The Bertz CT molecular complexity index is 633. The second-order valence-electron chi connectivity index (χ2n) is 6.28. The molecule has 2 amide bonds. The van der Waals surface area contributed by atoms with Crippen LogP contribution >= 0.6 is 13.5 Å². The Morgan fingerprint density at radius 3 is 2.68 bits per heavy atom. The minimum atomic E-state index is -0.589. The first-order valence-electron chi connectivity index (χ1n) is 8.18. The van der Waals surface area contributed by atoms with Crippen LogP contribution in [0.1, 0.15) is 35.7 Å². The lowest BCUT2D eigenvalue weighted by atomic mass is 9.97. The number of rotatable bonds is 2. The van der Waals surface area contributed by atoms with Crippen molar-refractivity contribution < 1.29 is 24.3 Å². The summed E-state index contributed by atoms with van der Waals surface area (Å²) in [5.74, 6) is 0.126. The van der Waals surface area contributed by atoms with Gasteiger partial charge in [0.05, 0.1) is 6.04 Å². The average molecular weight is 368 g/mol. The van der Waals surface area contributed by atoms with Crippen LogP contribution in [0.3, 0.4) is 0 Å². The molecule has 2 heterocycles. The van der Waals surface area contributed by atoms with Gasteiger partial charge in [-0.15, -0.1) is 0 Å². The molecule has 0 bridgehead atoms. The fraction of sp³-hybridized carbons (Fsp3) is 0.529. The van der Waals surface area contributed by atoms with E-state index < -0.39 is 5.91 Å². The van der Waals surface area contributed by atoms with Crippen LogP contribution < -0.4 is 10.2 Å². The van der Waals surface area contributed by atoms with E-state index in [1.807, 2.05) is 11.8 Å². The van der Waals surface area contributed by atoms with Crippen LogP contribution in [0.25, 0.3) is 0 Å². The SMILES string of the molecule is C[C@H]1COc2cc(C(=O)NO)ccc2CN1C(=O)C1CCOCC1.S. The first-order valence-corrected chi connectivity index (χ1v) is 8.18. The molecule has 8 heteroatoms. The minimum absolute atomic E-state index is 0. The lowest BCUT2D eigenvalue weighted by molar-refractivity contribution is -0.141. The highest BCUT2D eigenvalue weighted by Gasteiger charge is 2.31. The molecule has 7 nitrogen and oxygen atoms in total. The molecular weight excluding hydrogens is 344 g/mol. The number of carbonyl (C=O) groups excluding carboxylic acids is 2. The minimum Gasteiger partial charge on any atom is -0.491 e. The number of ether oxygens (including phenoxy) is 2. The van der Waals surface area contributed by atoms with Crippen LogP contribution in [0.5, 0.6) is 5.75 Å². The fourth-order valence-electron chi connectivity index (χ4n) is 3.14. The number of hydroxylamine groups is 1. The topological polar surface area (TPSA) is 88.1 Å². The van der Waals surface area contributed by atoms with Gasteiger partial charge in [0.1, 0.15) is 12.4 Å². The summed E-state index contributed by atoms with van der Waals surface area (Å²) in [5.41, 5.74) is 2.78. The maximum absolute atomic E-state index is 12.9. The number of carbonyl (C=O) groups is 2. The molecule has 2 aliphatic rings. The zero-order valence-corrected chi connectivity index (χ0v) is 15.2. The predicted octanol–water partition coefficient (Wildman–Crippen LogP) is 1.45. The Labute approximate surface area is 153 Å². The van der Waals surface area contributed by atoms with E-state index in [0.717, 1.165) is 18.4 Å². The molecule has 2 N–H and O–H groups in total. The average Bonchev–Trinajstić information content (AvgIpc) is 2.80. The van der Waals surface area contributed by atoms with E-state index in [2.05, 4.69) is 0 Å². The van der Waals surface area contributed by atoms with Gasteiger partial charge in [-0.3, -0.25) is 14.8 Å². The van der Waals surface area contributed by atoms with E-state index in [1.54, 1.807) is 23.7 Å². The van der Waals surface area contributed by atoms with E-state index in [4.69, 9.17) is 14.7 Å². The summed E-state index contributed by atoms with van der Waals surface area (Å²) in [7, 11) is 0. The molecule has 138 valence electrons. The van der Waals surface area contributed by atoms with Gasteiger partial charge in [-0.1, -0.05) is 6.07 Å². The Morgan fingerprint density at radius 1 is 1.28 bits per heavy atom. The Hall–Kier alpha value is -1.77. The van der Waals surface area contributed by atoms with Crippen molar-refractivity contribution in [3.63, 3.8) is 0 Å².